The van der Waals surface area contributed by atoms with Gasteiger partial charge in [0.05, 0.1) is 5.69 Å². The summed E-state index contributed by atoms with van der Waals surface area (Å²) in [7, 11) is 0. The van der Waals surface area contributed by atoms with Crippen molar-refractivity contribution >= 4 is 11.5 Å². The number of ether oxygens (including phenoxy) is 1. The third kappa shape index (κ3) is 2.48. The molecule has 2 heterocycles. The normalized spacial score (nSPS) is 25.9. The summed E-state index contributed by atoms with van der Waals surface area (Å²) < 4.78 is 5.85. The second kappa shape index (κ2) is 4.29. The quantitative estimate of drug-likeness (QED) is 0.889. The van der Waals surface area contributed by atoms with E-state index in [-0.39, 0.29) is 5.60 Å². The summed E-state index contributed by atoms with van der Waals surface area (Å²) in [6.45, 7) is 7.17. The topological polar surface area (TPSA) is 51.4 Å². The number of piperidine rings is 1. The van der Waals surface area contributed by atoms with E-state index in [2.05, 4.69) is 9.88 Å². The summed E-state index contributed by atoms with van der Waals surface area (Å²) >= 11 is 0. The Labute approximate surface area is 115 Å². The fourth-order valence-electron chi connectivity index (χ4n) is 3.18. The average molecular weight is 261 g/mol. The van der Waals surface area contributed by atoms with Crippen LogP contribution in [0.5, 0.6) is 5.88 Å². The van der Waals surface area contributed by atoms with E-state index in [4.69, 9.17) is 10.5 Å². The van der Waals surface area contributed by atoms with Gasteiger partial charge in [0.15, 0.2) is 0 Å². The molecule has 0 radical (unpaired) electrons. The Morgan fingerprint density at radius 1 is 1.32 bits per heavy atom. The summed E-state index contributed by atoms with van der Waals surface area (Å²) in [6, 6.07) is 4.60. The maximum Gasteiger partial charge on any atom is 0.239 e. The highest BCUT2D eigenvalue weighted by molar-refractivity contribution is 5.55. The molecule has 4 heteroatoms. The minimum Gasteiger partial charge on any atom is -0.470 e. The monoisotopic (exact) mass is 261 g/mol. The van der Waals surface area contributed by atoms with Crippen LogP contribution in [0.1, 0.15) is 40.0 Å². The number of nitrogens with zero attached hydrogens (tertiary/aromatic N) is 2. The third-order valence-corrected chi connectivity index (χ3v) is 3.98. The predicted molar refractivity (Wildman–Crippen MR) is 77.5 cm³/mol. The number of anilines is 2. The maximum absolute atomic E-state index is 5.97. The van der Waals surface area contributed by atoms with Gasteiger partial charge in [-0.15, -0.1) is 0 Å². The molecule has 2 unspecified atom stereocenters. The lowest BCUT2D eigenvalue weighted by molar-refractivity contribution is 0.125. The number of fused-ring (bicyclic) bond motifs is 2. The molecule has 0 amide bonds. The lowest BCUT2D eigenvalue weighted by atomic mass is 10.1. The first-order chi connectivity index (χ1) is 8.92. The largest absolute Gasteiger partial charge is 0.470 e. The van der Waals surface area contributed by atoms with Crippen molar-refractivity contribution in [3.8, 4) is 5.88 Å². The van der Waals surface area contributed by atoms with Gasteiger partial charge in [-0.2, -0.15) is 4.98 Å². The first kappa shape index (κ1) is 12.6. The molecule has 2 aliphatic rings. The van der Waals surface area contributed by atoms with Gasteiger partial charge < -0.3 is 15.4 Å². The zero-order valence-electron chi connectivity index (χ0n) is 12.0. The summed E-state index contributed by atoms with van der Waals surface area (Å²) in [6.07, 6.45) is 4.00. The van der Waals surface area contributed by atoms with Crippen LogP contribution in [0.15, 0.2) is 12.1 Å². The Bertz CT molecular complexity index is 481. The Hall–Kier alpha value is -1.45. The molecule has 2 fully saturated rings. The van der Waals surface area contributed by atoms with E-state index in [9.17, 15) is 0 Å². The van der Waals surface area contributed by atoms with E-state index in [1.807, 2.05) is 32.9 Å². The molecule has 4 nitrogen and oxygen atoms in total. The molecule has 0 aromatic carbocycles. The molecule has 19 heavy (non-hydrogen) atoms. The fourth-order valence-corrected chi connectivity index (χ4v) is 3.18. The number of hydrogen-bond donors (Lipinski definition) is 1. The van der Waals surface area contributed by atoms with E-state index in [1.54, 1.807) is 0 Å². The van der Waals surface area contributed by atoms with Gasteiger partial charge >= 0.3 is 0 Å². The Balaban J connectivity index is 1.85. The molecule has 1 saturated heterocycles. The fraction of sp³-hybridized carbons (Fsp3) is 0.667. The van der Waals surface area contributed by atoms with E-state index >= 15 is 0 Å². The summed E-state index contributed by atoms with van der Waals surface area (Å²) in [5.41, 5.74) is 6.31. The van der Waals surface area contributed by atoms with Gasteiger partial charge in [0.1, 0.15) is 11.4 Å². The van der Waals surface area contributed by atoms with Crippen molar-refractivity contribution in [2.45, 2.75) is 51.7 Å². The second-order valence-corrected chi connectivity index (χ2v) is 6.76. The van der Waals surface area contributed by atoms with Gasteiger partial charge in [-0.25, -0.2) is 0 Å². The zero-order valence-corrected chi connectivity index (χ0v) is 12.0. The van der Waals surface area contributed by atoms with Gasteiger partial charge in [0, 0.05) is 12.6 Å². The van der Waals surface area contributed by atoms with Crippen molar-refractivity contribution in [2.75, 3.05) is 17.2 Å². The number of pyridine rings is 1. The third-order valence-electron chi connectivity index (χ3n) is 3.98. The Morgan fingerprint density at radius 2 is 2.11 bits per heavy atom. The van der Waals surface area contributed by atoms with Crippen molar-refractivity contribution < 1.29 is 4.74 Å². The minimum absolute atomic E-state index is 0.274. The average Bonchev–Trinajstić information content (AvgIpc) is 2.92. The van der Waals surface area contributed by atoms with Gasteiger partial charge in [0.2, 0.25) is 5.88 Å². The molecule has 2 atom stereocenters. The molecular formula is C15H23N3O. The van der Waals surface area contributed by atoms with Crippen molar-refractivity contribution in [1.29, 1.82) is 0 Å². The van der Waals surface area contributed by atoms with Crippen molar-refractivity contribution in [2.24, 2.45) is 5.92 Å². The second-order valence-electron chi connectivity index (χ2n) is 6.76. The van der Waals surface area contributed by atoms with Gasteiger partial charge in [-0.1, -0.05) is 0 Å². The number of nitrogens with two attached hydrogens (primary N) is 1. The van der Waals surface area contributed by atoms with Crippen LogP contribution < -0.4 is 15.4 Å². The first-order valence-corrected chi connectivity index (χ1v) is 7.14. The van der Waals surface area contributed by atoms with Gasteiger partial charge in [-0.3, -0.25) is 0 Å². The van der Waals surface area contributed by atoms with Crippen LogP contribution in [0.2, 0.25) is 0 Å². The van der Waals surface area contributed by atoms with E-state index in [1.165, 1.54) is 19.3 Å². The van der Waals surface area contributed by atoms with Crippen LogP contribution in [0.25, 0.3) is 0 Å². The van der Waals surface area contributed by atoms with Crippen molar-refractivity contribution in [3.05, 3.63) is 12.1 Å². The van der Waals surface area contributed by atoms with Gasteiger partial charge in [0.25, 0.3) is 0 Å². The van der Waals surface area contributed by atoms with Crippen molar-refractivity contribution in [1.82, 2.24) is 4.98 Å². The van der Waals surface area contributed by atoms with E-state index in [0.29, 0.717) is 17.6 Å². The maximum atomic E-state index is 5.97. The van der Waals surface area contributed by atoms with Gasteiger partial charge in [-0.05, 0) is 58.1 Å². The molecule has 1 aliphatic heterocycles. The predicted octanol–water partition coefficient (Wildman–Crippen LogP) is 2.83. The summed E-state index contributed by atoms with van der Waals surface area (Å²) in [5, 5.41) is 0. The van der Waals surface area contributed by atoms with Crippen LogP contribution in [0, 0.1) is 5.92 Å². The molecular weight excluding hydrogens is 238 g/mol. The molecule has 1 aromatic rings. The molecule has 104 valence electrons. The summed E-state index contributed by atoms with van der Waals surface area (Å²) in [5.74, 6) is 2.43. The van der Waals surface area contributed by atoms with E-state index < -0.39 is 0 Å². The highest BCUT2D eigenvalue weighted by atomic mass is 16.5. The zero-order chi connectivity index (χ0) is 13.6. The number of aromatic nitrogens is 1. The molecule has 1 aliphatic carbocycles. The highest BCUT2D eigenvalue weighted by Crippen LogP contribution is 2.40. The molecule has 1 aromatic heterocycles. The van der Waals surface area contributed by atoms with E-state index in [0.717, 1.165) is 18.3 Å². The molecule has 3 rings (SSSR count). The lowest BCUT2D eigenvalue weighted by Crippen LogP contribution is -2.33. The summed E-state index contributed by atoms with van der Waals surface area (Å²) in [4.78, 5) is 7.06. The van der Waals surface area contributed by atoms with Crippen LogP contribution in [-0.2, 0) is 0 Å². The first-order valence-electron chi connectivity index (χ1n) is 7.14. The van der Waals surface area contributed by atoms with Crippen molar-refractivity contribution in [3.63, 3.8) is 0 Å². The molecule has 1 saturated carbocycles. The smallest absolute Gasteiger partial charge is 0.239 e. The molecule has 0 spiro atoms. The van der Waals surface area contributed by atoms with Crippen LogP contribution in [0.3, 0.4) is 0 Å². The Kier molecular flexibility index (Phi) is 2.84. The van der Waals surface area contributed by atoms with Crippen LogP contribution >= 0.6 is 0 Å². The molecule has 2 N–H and O–H groups in total. The number of rotatable bonds is 2. The number of nitrogen functional groups attached to an aromatic ring is 1. The van der Waals surface area contributed by atoms with Crippen LogP contribution in [0.4, 0.5) is 11.5 Å². The lowest BCUT2D eigenvalue weighted by Gasteiger charge is -2.29. The number of hydrogen-bond acceptors (Lipinski definition) is 4. The standard InChI is InChI=1S/C15H23N3O/c1-15(2,3)19-14-12(16)6-7-13(17-14)18-9-10-4-5-11(18)8-10/h6-7,10-11H,4-5,8-9,16H2,1-3H3. The SMILES string of the molecule is CC(C)(C)Oc1nc(N2CC3CCC2C3)ccc1N. The minimum atomic E-state index is -0.274. The molecule has 2 bridgehead atoms. The highest BCUT2D eigenvalue weighted by Gasteiger charge is 2.38. The van der Waals surface area contributed by atoms with Crippen LogP contribution in [-0.4, -0.2) is 23.2 Å². The Morgan fingerprint density at radius 3 is 2.68 bits per heavy atom.